The van der Waals surface area contributed by atoms with Gasteiger partial charge in [-0.2, -0.15) is 0 Å². The summed E-state index contributed by atoms with van der Waals surface area (Å²) in [6.45, 7) is 0.562. The third kappa shape index (κ3) is 4.22. The lowest BCUT2D eigenvalue weighted by molar-refractivity contribution is -0.122. The molecule has 28 heavy (non-hydrogen) atoms. The Hall–Kier alpha value is -2.74. The van der Waals surface area contributed by atoms with Gasteiger partial charge in [-0.25, -0.2) is 0 Å². The third-order valence-corrected chi connectivity index (χ3v) is 4.80. The maximum atomic E-state index is 12.9. The van der Waals surface area contributed by atoms with E-state index in [4.69, 9.17) is 28.9 Å². The summed E-state index contributed by atoms with van der Waals surface area (Å²) in [5.41, 5.74) is 2.12. The van der Waals surface area contributed by atoms with Crippen LogP contribution in [0, 0.1) is 0 Å². The van der Waals surface area contributed by atoms with Gasteiger partial charge in [0.1, 0.15) is 5.57 Å². The monoisotopic (exact) mass is 415 g/mol. The van der Waals surface area contributed by atoms with E-state index < -0.39 is 11.8 Å². The van der Waals surface area contributed by atoms with Crippen molar-refractivity contribution < 1.29 is 14.7 Å². The molecule has 144 valence electrons. The van der Waals surface area contributed by atoms with Crippen molar-refractivity contribution in [2.45, 2.75) is 0 Å². The van der Waals surface area contributed by atoms with E-state index in [1.165, 1.54) is 11.0 Å². The molecule has 3 rings (SSSR count). The largest absolute Gasteiger partial charge is 0.395 e. The van der Waals surface area contributed by atoms with Crippen LogP contribution in [0.15, 0.2) is 54.1 Å². The SMILES string of the molecule is CN(CCO)c1ccc(/C=C2/C(=O)NC(=S)N(c3ccc(Cl)cc3)C2=O)cc1. The number of nitrogens with zero attached hydrogens (tertiary/aromatic N) is 2. The summed E-state index contributed by atoms with van der Waals surface area (Å²) in [6, 6.07) is 13.9. The van der Waals surface area contributed by atoms with E-state index in [0.717, 1.165) is 5.69 Å². The Balaban J connectivity index is 1.89. The summed E-state index contributed by atoms with van der Waals surface area (Å²) < 4.78 is 0. The van der Waals surface area contributed by atoms with Crippen molar-refractivity contribution in [2.24, 2.45) is 0 Å². The van der Waals surface area contributed by atoms with Crippen LogP contribution in [0.1, 0.15) is 5.56 Å². The molecule has 2 aromatic rings. The number of thiocarbonyl (C=S) groups is 1. The highest BCUT2D eigenvalue weighted by Crippen LogP contribution is 2.24. The second-order valence-electron chi connectivity index (χ2n) is 6.17. The van der Waals surface area contributed by atoms with Crippen LogP contribution in [0.4, 0.5) is 11.4 Å². The first-order valence-electron chi connectivity index (χ1n) is 8.50. The molecule has 0 atom stereocenters. The molecule has 1 heterocycles. The van der Waals surface area contributed by atoms with Crippen LogP contribution >= 0.6 is 23.8 Å². The van der Waals surface area contributed by atoms with Crippen LogP contribution < -0.4 is 15.1 Å². The average molecular weight is 416 g/mol. The van der Waals surface area contributed by atoms with Crippen LogP contribution in [0.25, 0.3) is 6.08 Å². The molecule has 2 aromatic carbocycles. The highest BCUT2D eigenvalue weighted by atomic mass is 35.5. The minimum Gasteiger partial charge on any atom is -0.395 e. The number of amides is 2. The normalized spacial score (nSPS) is 15.8. The van der Waals surface area contributed by atoms with E-state index in [2.05, 4.69) is 5.32 Å². The van der Waals surface area contributed by atoms with E-state index in [-0.39, 0.29) is 17.3 Å². The summed E-state index contributed by atoms with van der Waals surface area (Å²) in [7, 11) is 1.87. The zero-order chi connectivity index (χ0) is 20.3. The lowest BCUT2D eigenvalue weighted by Crippen LogP contribution is -2.54. The molecule has 2 amide bonds. The third-order valence-electron chi connectivity index (χ3n) is 4.27. The van der Waals surface area contributed by atoms with E-state index >= 15 is 0 Å². The highest BCUT2D eigenvalue weighted by molar-refractivity contribution is 7.80. The lowest BCUT2D eigenvalue weighted by atomic mass is 10.1. The number of likely N-dealkylation sites (N-methyl/N-ethyl adjacent to an activating group) is 1. The van der Waals surface area contributed by atoms with Crippen LogP contribution in [-0.2, 0) is 9.59 Å². The molecular weight excluding hydrogens is 398 g/mol. The Morgan fingerprint density at radius 3 is 2.39 bits per heavy atom. The number of anilines is 2. The maximum Gasteiger partial charge on any atom is 0.270 e. The van der Waals surface area contributed by atoms with Gasteiger partial charge in [0.2, 0.25) is 0 Å². The summed E-state index contributed by atoms with van der Waals surface area (Å²) >= 11 is 11.1. The second kappa shape index (κ2) is 8.52. The van der Waals surface area contributed by atoms with E-state index in [1.54, 1.807) is 36.4 Å². The fourth-order valence-electron chi connectivity index (χ4n) is 2.75. The molecular formula is C20H18ClN3O3S. The minimum absolute atomic E-state index is 0.0139. The first-order valence-corrected chi connectivity index (χ1v) is 9.28. The number of rotatable bonds is 5. The fourth-order valence-corrected chi connectivity index (χ4v) is 3.16. The van der Waals surface area contributed by atoms with Crippen LogP contribution in [0.3, 0.4) is 0 Å². The van der Waals surface area contributed by atoms with E-state index in [0.29, 0.717) is 22.8 Å². The Kier molecular flexibility index (Phi) is 6.08. The van der Waals surface area contributed by atoms with Crippen LogP contribution in [-0.4, -0.2) is 42.2 Å². The summed E-state index contributed by atoms with van der Waals surface area (Å²) in [4.78, 5) is 28.4. The molecule has 1 saturated heterocycles. The van der Waals surface area contributed by atoms with Crippen molar-refractivity contribution in [3.8, 4) is 0 Å². The van der Waals surface area contributed by atoms with Gasteiger partial charge in [0.15, 0.2) is 5.11 Å². The van der Waals surface area contributed by atoms with Gasteiger partial charge >= 0.3 is 0 Å². The van der Waals surface area contributed by atoms with Crippen molar-refractivity contribution in [3.05, 3.63) is 64.7 Å². The summed E-state index contributed by atoms with van der Waals surface area (Å²) in [6.07, 6.45) is 1.53. The van der Waals surface area contributed by atoms with Crippen molar-refractivity contribution >= 4 is 58.2 Å². The molecule has 8 heteroatoms. The maximum absolute atomic E-state index is 12.9. The van der Waals surface area contributed by atoms with Gasteiger partial charge in [-0.3, -0.25) is 19.8 Å². The van der Waals surface area contributed by atoms with Gasteiger partial charge in [-0.05, 0) is 60.3 Å². The lowest BCUT2D eigenvalue weighted by Gasteiger charge is -2.29. The predicted molar refractivity (Wildman–Crippen MR) is 114 cm³/mol. The molecule has 0 unspecified atom stereocenters. The molecule has 2 N–H and O–H groups in total. The number of aliphatic hydroxyl groups excluding tert-OH is 1. The molecule has 0 aromatic heterocycles. The molecule has 1 fully saturated rings. The molecule has 0 aliphatic carbocycles. The van der Waals surface area contributed by atoms with Gasteiger partial charge in [-0.1, -0.05) is 23.7 Å². The second-order valence-corrected chi connectivity index (χ2v) is 6.99. The Morgan fingerprint density at radius 1 is 1.14 bits per heavy atom. The summed E-state index contributed by atoms with van der Waals surface area (Å²) in [5, 5.41) is 12.1. The molecule has 0 saturated carbocycles. The van der Waals surface area contributed by atoms with Crippen molar-refractivity contribution in [1.29, 1.82) is 0 Å². The molecule has 0 bridgehead atoms. The van der Waals surface area contributed by atoms with Gasteiger partial charge in [0, 0.05) is 24.3 Å². The first-order chi connectivity index (χ1) is 13.4. The van der Waals surface area contributed by atoms with Crippen molar-refractivity contribution in [3.63, 3.8) is 0 Å². The smallest absolute Gasteiger partial charge is 0.270 e. The standard InChI is InChI=1S/C20H18ClN3O3S/c1-23(10-11-25)15-6-2-13(3-7-15)12-17-18(26)22-20(28)24(19(17)27)16-8-4-14(21)5-9-16/h2-9,12,25H,10-11H2,1H3,(H,22,26,28)/b17-12-. The summed E-state index contributed by atoms with van der Waals surface area (Å²) in [5.74, 6) is -1.04. The van der Waals surface area contributed by atoms with Gasteiger partial charge < -0.3 is 10.0 Å². The molecule has 1 aliphatic rings. The van der Waals surface area contributed by atoms with Crippen molar-refractivity contribution in [1.82, 2.24) is 5.32 Å². The van der Waals surface area contributed by atoms with E-state index in [1.807, 2.05) is 24.1 Å². The van der Waals surface area contributed by atoms with Gasteiger partial charge in [0.25, 0.3) is 11.8 Å². The molecule has 6 nitrogen and oxygen atoms in total. The number of hydrogen-bond donors (Lipinski definition) is 2. The molecule has 0 spiro atoms. The Labute approximate surface area is 173 Å². The topological polar surface area (TPSA) is 72.9 Å². The number of halogens is 1. The zero-order valence-corrected chi connectivity index (χ0v) is 16.6. The molecule has 0 radical (unpaired) electrons. The van der Waals surface area contributed by atoms with Gasteiger partial charge in [-0.15, -0.1) is 0 Å². The number of benzene rings is 2. The Morgan fingerprint density at radius 2 is 1.79 bits per heavy atom. The van der Waals surface area contributed by atoms with Crippen LogP contribution in [0.2, 0.25) is 5.02 Å². The number of hydrogen-bond acceptors (Lipinski definition) is 5. The number of carbonyl (C=O) groups is 2. The minimum atomic E-state index is -0.540. The highest BCUT2D eigenvalue weighted by Gasteiger charge is 2.34. The number of carbonyl (C=O) groups excluding carboxylic acids is 2. The fraction of sp³-hybridized carbons (Fsp3) is 0.150. The Bertz CT molecular complexity index is 942. The van der Waals surface area contributed by atoms with Crippen molar-refractivity contribution in [2.75, 3.05) is 30.0 Å². The van der Waals surface area contributed by atoms with Gasteiger partial charge in [0.05, 0.1) is 12.3 Å². The average Bonchev–Trinajstić information content (AvgIpc) is 2.67. The first kappa shape index (κ1) is 20.0. The molecule has 1 aliphatic heterocycles. The number of nitrogens with one attached hydrogen (secondary N) is 1. The number of aliphatic hydroxyl groups is 1. The quantitative estimate of drug-likeness (QED) is 0.446. The van der Waals surface area contributed by atoms with Crippen LogP contribution in [0.5, 0.6) is 0 Å². The van der Waals surface area contributed by atoms with E-state index in [9.17, 15) is 9.59 Å². The zero-order valence-electron chi connectivity index (χ0n) is 15.1. The predicted octanol–water partition coefficient (Wildman–Crippen LogP) is 2.60.